The fourth-order valence-electron chi connectivity index (χ4n) is 2.03. The van der Waals surface area contributed by atoms with Crippen molar-refractivity contribution in [3.05, 3.63) is 53.8 Å². The number of nitrogens with one attached hydrogen (secondary N) is 1. The number of carbonyl (C=O) groups excluding carboxylic acids is 1. The van der Waals surface area contributed by atoms with Gasteiger partial charge in [-0.15, -0.1) is 0 Å². The summed E-state index contributed by atoms with van der Waals surface area (Å²) in [6.45, 7) is 1.47. The van der Waals surface area contributed by atoms with Crippen molar-refractivity contribution in [2.75, 3.05) is 5.32 Å². The van der Waals surface area contributed by atoms with E-state index >= 15 is 0 Å². The van der Waals surface area contributed by atoms with Crippen molar-refractivity contribution in [1.82, 2.24) is 9.97 Å². The second kappa shape index (κ2) is 6.25. The number of rotatable bonds is 3. The zero-order chi connectivity index (χ0) is 15.5. The van der Waals surface area contributed by atoms with E-state index in [4.69, 9.17) is 11.6 Å². The molecule has 0 aliphatic rings. The number of carbonyl (C=O) groups is 1. The summed E-state index contributed by atoms with van der Waals surface area (Å²) in [5, 5.41) is 3.99. The molecule has 0 aliphatic carbocycles. The molecule has 3 aromatic rings. The Morgan fingerprint density at radius 2 is 1.77 bits per heavy atom. The maximum absolute atomic E-state index is 11.3. The third-order valence-corrected chi connectivity index (χ3v) is 4.24. The Kier molecular flexibility index (Phi) is 4.18. The highest BCUT2D eigenvalue weighted by Gasteiger charge is 2.15. The van der Waals surface area contributed by atoms with E-state index in [-0.39, 0.29) is 5.91 Å². The molecule has 2 heterocycles. The quantitative estimate of drug-likeness (QED) is 0.770. The SMILES string of the molecule is CC(=O)Nc1nc(-c2ccc(Cl)cc2)c(-c2ccncc2)s1. The molecule has 0 radical (unpaired) electrons. The van der Waals surface area contributed by atoms with Crippen molar-refractivity contribution in [3.8, 4) is 21.7 Å². The van der Waals surface area contributed by atoms with E-state index in [0.717, 1.165) is 21.7 Å². The summed E-state index contributed by atoms with van der Waals surface area (Å²) in [4.78, 5) is 20.8. The van der Waals surface area contributed by atoms with E-state index in [9.17, 15) is 4.79 Å². The van der Waals surface area contributed by atoms with E-state index in [1.165, 1.54) is 18.3 Å². The number of benzene rings is 1. The highest BCUT2D eigenvalue weighted by atomic mass is 35.5. The van der Waals surface area contributed by atoms with Gasteiger partial charge >= 0.3 is 0 Å². The Bertz CT molecular complexity index is 800. The van der Waals surface area contributed by atoms with E-state index in [0.29, 0.717) is 10.2 Å². The van der Waals surface area contributed by atoms with Crippen molar-refractivity contribution >= 4 is 34.0 Å². The van der Waals surface area contributed by atoms with Crippen LogP contribution in [0.1, 0.15) is 6.92 Å². The molecule has 1 aromatic carbocycles. The predicted octanol–water partition coefficient (Wildman–Crippen LogP) is 4.48. The first-order chi connectivity index (χ1) is 10.6. The molecular weight excluding hydrogens is 318 g/mol. The van der Waals surface area contributed by atoms with E-state index < -0.39 is 0 Å². The molecule has 2 aromatic heterocycles. The molecule has 110 valence electrons. The van der Waals surface area contributed by atoms with Gasteiger partial charge in [-0.2, -0.15) is 0 Å². The van der Waals surface area contributed by atoms with Gasteiger partial charge in [0.15, 0.2) is 5.13 Å². The maximum Gasteiger partial charge on any atom is 0.223 e. The average molecular weight is 330 g/mol. The van der Waals surface area contributed by atoms with E-state index in [2.05, 4.69) is 15.3 Å². The molecule has 4 nitrogen and oxygen atoms in total. The first-order valence-corrected chi connectivity index (χ1v) is 7.77. The smallest absolute Gasteiger partial charge is 0.223 e. The largest absolute Gasteiger partial charge is 0.302 e. The lowest BCUT2D eigenvalue weighted by Crippen LogP contribution is -2.04. The first kappa shape index (κ1) is 14.7. The molecule has 0 saturated carbocycles. The van der Waals surface area contributed by atoms with Crippen molar-refractivity contribution in [3.63, 3.8) is 0 Å². The van der Waals surface area contributed by atoms with E-state index in [1.807, 2.05) is 36.4 Å². The monoisotopic (exact) mass is 329 g/mol. The molecule has 1 N–H and O–H groups in total. The fraction of sp³-hybridized carbons (Fsp3) is 0.0625. The number of thiazole rings is 1. The van der Waals surface area contributed by atoms with Gasteiger partial charge in [-0.25, -0.2) is 4.98 Å². The Balaban J connectivity index is 2.12. The van der Waals surface area contributed by atoms with Crippen molar-refractivity contribution in [2.45, 2.75) is 6.92 Å². The summed E-state index contributed by atoms with van der Waals surface area (Å²) in [7, 11) is 0. The molecule has 0 unspecified atom stereocenters. The highest BCUT2D eigenvalue weighted by Crippen LogP contribution is 2.39. The summed E-state index contributed by atoms with van der Waals surface area (Å²) < 4.78 is 0. The van der Waals surface area contributed by atoms with Crippen molar-refractivity contribution < 1.29 is 4.79 Å². The van der Waals surface area contributed by atoms with Gasteiger partial charge in [-0.3, -0.25) is 9.78 Å². The maximum atomic E-state index is 11.3. The van der Waals surface area contributed by atoms with Gasteiger partial charge < -0.3 is 5.32 Å². The van der Waals surface area contributed by atoms with Crippen molar-refractivity contribution in [1.29, 1.82) is 0 Å². The standard InChI is InChI=1S/C16H12ClN3OS/c1-10(21)19-16-20-14(11-2-4-13(17)5-3-11)15(22-16)12-6-8-18-9-7-12/h2-9H,1H3,(H,19,20,21). The third kappa shape index (κ3) is 3.16. The number of aromatic nitrogens is 2. The number of hydrogen-bond acceptors (Lipinski definition) is 4. The first-order valence-electron chi connectivity index (χ1n) is 6.58. The number of pyridine rings is 1. The molecule has 3 rings (SSSR count). The van der Waals surface area contributed by atoms with Crippen LogP contribution in [0.25, 0.3) is 21.7 Å². The second-order valence-electron chi connectivity index (χ2n) is 4.62. The van der Waals surface area contributed by atoms with Crippen LogP contribution in [0.4, 0.5) is 5.13 Å². The second-order valence-corrected chi connectivity index (χ2v) is 6.06. The Morgan fingerprint density at radius 3 is 2.41 bits per heavy atom. The molecule has 22 heavy (non-hydrogen) atoms. The predicted molar refractivity (Wildman–Crippen MR) is 90.1 cm³/mol. The lowest BCUT2D eigenvalue weighted by molar-refractivity contribution is -0.114. The van der Waals surface area contributed by atoms with Crippen LogP contribution < -0.4 is 5.32 Å². The average Bonchev–Trinajstić information content (AvgIpc) is 2.92. The Hall–Kier alpha value is -2.24. The van der Waals surface area contributed by atoms with Crippen LogP contribution >= 0.6 is 22.9 Å². The number of amides is 1. The van der Waals surface area contributed by atoms with Gasteiger partial charge in [-0.05, 0) is 29.8 Å². The zero-order valence-corrected chi connectivity index (χ0v) is 13.3. The summed E-state index contributed by atoms with van der Waals surface area (Å²) in [6.07, 6.45) is 3.47. The van der Waals surface area contributed by atoms with Crippen LogP contribution in [0.15, 0.2) is 48.8 Å². The lowest BCUT2D eigenvalue weighted by atomic mass is 10.1. The molecule has 0 bridgehead atoms. The van der Waals surface area contributed by atoms with Crippen LogP contribution in [0.3, 0.4) is 0 Å². The van der Waals surface area contributed by atoms with Gasteiger partial charge in [0.1, 0.15) is 0 Å². The molecule has 0 aliphatic heterocycles. The highest BCUT2D eigenvalue weighted by molar-refractivity contribution is 7.19. The number of nitrogens with zero attached hydrogens (tertiary/aromatic N) is 2. The normalized spacial score (nSPS) is 10.5. The van der Waals surface area contributed by atoms with Gasteiger partial charge in [0.25, 0.3) is 0 Å². The molecule has 0 spiro atoms. The number of anilines is 1. The summed E-state index contributed by atoms with van der Waals surface area (Å²) in [5.41, 5.74) is 2.77. The Labute approximate surface area is 136 Å². The molecule has 0 fully saturated rings. The van der Waals surface area contributed by atoms with Crippen LogP contribution in [0.2, 0.25) is 5.02 Å². The van der Waals surface area contributed by atoms with Gasteiger partial charge in [-0.1, -0.05) is 35.1 Å². The minimum Gasteiger partial charge on any atom is -0.302 e. The zero-order valence-electron chi connectivity index (χ0n) is 11.7. The van der Waals surface area contributed by atoms with Crippen LogP contribution in [-0.2, 0) is 4.79 Å². The van der Waals surface area contributed by atoms with Gasteiger partial charge in [0.2, 0.25) is 5.91 Å². The van der Waals surface area contributed by atoms with Crippen LogP contribution in [0.5, 0.6) is 0 Å². The van der Waals surface area contributed by atoms with Crippen LogP contribution in [-0.4, -0.2) is 15.9 Å². The summed E-state index contributed by atoms with van der Waals surface area (Å²) in [6, 6.07) is 11.3. The van der Waals surface area contributed by atoms with Gasteiger partial charge in [0.05, 0.1) is 10.6 Å². The molecule has 0 saturated heterocycles. The van der Waals surface area contributed by atoms with Crippen LogP contribution in [0, 0.1) is 0 Å². The fourth-order valence-corrected chi connectivity index (χ4v) is 3.19. The molecule has 1 amide bonds. The molecule has 0 atom stereocenters. The molecule has 6 heteroatoms. The van der Waals surface area contributed by atoms with E-state index in [1.54, 1.807) is 12.4 Å². The summed E-state index contributed by atoms with van der Waals surface area (Å²) in [5.74, 6) is -0.141. The van der Waals surface area contributed by atoms with Gasteiger partial charge in [0, 0.05) is 29.9 Å². The number of halogens is 1. The minimum absolute atomic E-state index is 0.141. The lowest BCUT2D eigenvalue weighted by Gasteiger charge is -2.02. The third-order valence-electron chi connectivity index (χ3n) is 2.97. The van der Waals surface area contributed by atoms with Crippen molar-refractivity contribution in [2.24, 2.45) is 0 Å². The topological polar surface area (TPSA) is 54.9 Å². The molecular formula is C16H12ClN3OS. The summed E-state index contributed by atoms with van der Waals surface area (Å²) >= 11 is 7.38. The number of hydrogen-bond donors (Lipinski definition) is 1. The minimum atomic E-state index is -0.141. The Morgan fingerprint density at radius 1 is 1.09 bits per heavy atom.